The van der Waals surface area contributed by atoms with E-state index in [1.54, 1.807) is 5.57 Å². The molecule has 5 nitrogen and oxygen atoms in total. The number of amides is 2. The van der Waals surface area contributed by atoms with Gasteiger partial charge in [-0.2, -0.15) is 0 Å². The van der Waals surface area contributed by atoms with Crippen molar-refractivity contribution in [3.63, 3.8) is 0 Å². The van der Waals surface area contributed by atoms with Gasteiger partial charge in [-0.05, 0) is 63.5 Å². The molecule has 0 unspecified atom stereocenters. The lowest BCUT2D eigenvalue weighted by atomic mass is 9.72. The van der Waals surface area contributed by atoms with Crippen LogP contribution in [0.3, 0.4) is 0 Å². The molecule has 4 aliphatic carbocycles. The normalized spacial score (nSPS) is 29.4. The predicted molar refractivity (Wildman–Crippen MR) is 110 cm³/mol. The van der Waals surface area contributed by atoms with Crippen LogP contribution < -0.4 is 15.4 Å². The number of nitrogens with one attached hydrogen (secondary N) is 2. The maximum Gasteiger partial charge on any atom is 0.264 e. The number of ether oxygens (including phenoxy) is 1. The summed E-state index contributed by atoms with van der Waals surface area (Å²) in [5, 5.41) is 6.43. The Hall–Kier alpha value is -2.30. The average molecular weight is 395 g/mol. The van der Waals surface area contributed by atoms with Gasteiger partial charge in [0.15, 0.2) is 5.60 Å². The van der Waals surface area contributed by atoms with Gasteiger partial charge in [0.2, 0.25) is 5.91 Å². The first-order chi connectivity index (χ1) is 14.1. The summed E-state index contributed by atoms with van der Waals surface area (Å²) in [4.78, 5) is 25.6. The van der Waals surface area contributed by atoms with Gasteiger partial charge in [-0.3, -0.25) is 9.59 Å². The molecule has 0 saturated heterocycles. The van der Waals surface area contributed by atoms with Gasteiger partial charge in [0, 0.05) is 30.8 Å². The van der Waals surface area contributed by atoms with Gasteiger partial charge in [0.05, 0.1) is 0 Å². The molecule has 0 bridgehead atoms. The molecular formula is C24H30N2O3. The predicted octanol–water partition coefficient (Wildman–Crippen LogP) is 3.64. The molecule has 1 aromatic rings. The minimum atomic E-state index is -0.726. The molecule has 1 aromatic carbocycles. The summed E-state index contributed by atoms with van der Waals surface area (Å²) in [6.45, 7) is 0. The Balaban J connectivity index is 1.14. The van der Waals surface area contributed by atoms with Crippen LogP contribution in [-0.2, 0) is 9.59 Å². The number of para-hydroxylation sites is 1. The number of rotatable bonds is 6. The van der Waals surface area contributed by atoms with E-state index >= 15 is 0 Å². The van der Waals surface area contributed by atoms with Crippen molar-refractivity contribution in [1.82, 2.24) is 10.6 Å². The molecule has 5 rings (SSSR count). The van der Waals surface area contributed by atoms with Crippen LogP contribution >= 0.6 is 0 Å². The van der Waals surface area contributed by atoms with Crippen molar-refractivity contribution >= 4 is 11.8 Å². The van der Waals surface area contributed by atoms with E-state index < -0.39 is 5.60 Å². The highest BCUT2D eigenvalue weighted by Gasteiger charge is 2.54. The quantitative estimate of drug-likeness (QED) is 0.724. The van der Waals surface area contributed by atoms with Crippen LogP contribution in [0.15, 0.2) is 41.5 Å². The van der Waals surface area contributed by atoms with Gasteiger partial charge >= 0.3 is 0 Å². The molecule has 4 aliphatic rings. The second-order valence-corrected chi connectivity index (χ2v) is 9.20. The fraction of sp³-hybridized carbons (Fsp3) is 0.583. The van der Waals surface area contributed by atoms with E-state index in [0.29, 0.717) is 0 Å². The van der Waals surface area contributed by atoms with Gasteiger partial charge in [0.25, 0.3) is 5.91 Å². The Morgan fingerprint density at radius 1 is 0.897 bits per heavy atom. The minimum absolute atomic E-state index is 0.00725. The molecule has 2 N–H and O–H groups in total. The van der Waals surface area contributed by atoms with Gasteiger partial charge in [-0.15, -0.1) is 0 Å². The maximum absolute atomic E-state index is 12.9. The molecule has 2 amide bonds. The van der Waals surface area contributed by atoms with Gasteiger partial charge < -0.3 is 15.4 Å². The first-order valence-electron chi connectivity index (χ1n) is 11.2. The summed E-state index contributed by atoms with van der Waals surface area (Å²) in [6, 6.07) is 9.59. The third-order valence-corrected chi connectivity index (χ3v) is 7.15. The number of carbonyl (C=O) groups excluding carboxylic acids is 2. The first kappa shape index (κ1) is 18.7. The monoisotopic (exact) mass is 394 g/mol. The summed E-state index contributed by atoms with van der Waals surface area (Å²) >= 11 is 0. The highest BCUT2D eigenvalue weighted by molar-refractivity contribution is 5.89. The summed E-state index contributed by atoms with van der Waals surface area (Å²) in [5.41, 5.74) is 2.41. The highest BCUT2D eigenvalue weighted by Crippen LogP contribution is 2.43. The zero-order valence-electron chi connectivity index (χ0n) is 16.9. The number of hydrogen-bond acceptors (Lipinski definition) is 3. The number of allylic oxidation sites excluding steroid dienone is 2. The molecule has 2 atom stereocenters. The van der Waals surface area contributed by atoms with Crippen LogP contribution in [0.5, 0.6) is 5.75 Å². The Bertz CT molecular complexity index is 814. The third-order valence-electron chi connectivity index (χ3n) is 7.15. The molecule has 0 spiro atoms. The zero-order valence-corrected chi connectivity index (χ0v) is 16.9. The lowest BCUT2D eigenvalue weighted by molar-refractivity contribution is -0.131. The van der Waals surface area contributed by atoms with E-state index in [9.17, 15) is 9.59 Å². The molecule has 29 heavy (non-hydrogen) atoms. The van der Waals surface area contributed by atoms with Gasteiger partial charge in [0.1, 0.15) is 5.75 Å². The second-order valence-electron chi connectivity index (χ2n) is 9.20. The Morgan fingerprint density at radius 3 is 2.21 bits per heavy atom. The van der Waals surface area contributed by atoms with E-state index in [-0.39, 0.29) is 29.8 Å². The SMILES string of the molecule is O=C(N[C@H]1CCC[C@@H]1NC(=O)C1(Oc2ccccc2)CC1)C1CC(=C2CCC2)C1. The van der Waals surface area contributed by atoms with Crippen molar-refractivity contribution in [1.29, 1.82) is 0 Å². The van der Waals surface area contributed by atoms with Crippen LogP contribution in [-0.4, -0.2) is 29.5 Å². The summed E-state index contributed by atoms with van der Waals surface area (Å²) in [7, 11) is 0. The molecule has 4 fully saturated rings. The number of benzene rings is 1. The topological polar surface area (TPSA) is 67.4 Å². The first-order valence-corrected chi connectivity index (χ1v) is 11.2. The minimum Gasteiger partial charge on any atom is -0.477 e. The van der Waals surface area contributed by atoms with E-state index in [1.807, 2.05) is 30.3 Å². The van der Waals surface area contributed by atoms with Crippen molar-refractivity contribution in [2.24, 2.45) is 5.92 Å². The molecule has 154 valence electrons. The Labute approximate surface area is 172 Å². The molecule has 0 aliphatic heterocycles. The Kier molecular flexibility index (Phi) is 4.84. The fourth-order valence-corrected chi connectivity index (χ4v) is 4.83. The molecule has 0 heterocycles. The van der Waals surface area contributed by atoms with Crippen molar-refractivity contribution < 1.29 is 14.3 Å². The molecule has 4 saturated carbocycles. The van der Waals surface area contributed by atoms with Crippen LogP contribution in [0.1, 0.15) is 64.2 Å². The van der Waals surface area contributed by atoms with Crippen LogP contribution in [0.2, 0.25) is 0 Å². The fourth-order valence-electron chi connectivity index (χ4n) is 4.83. The molecule has 5 heteroatoms. The van der Waals surface area contributed by atoms with Crippen molar-refractivity contribution in [2.45, 2.75) is 81.9 Å². The van der Waals surface area contributed by atoms with E-state index in [2.05, 4.69) is 10.6 Å². The van der Waals surface area contributed by atoms with Crippen molar-refractivity contribution in [2.75, 3.05) is 0 Å². The smallest absolute Gasteiger partial charge is 0.264 e. The standard InChI is InChI=1S/C24H30N2O3/c27-22(18-14-17(15-18)16-6-4-7-16)25-20-10-5-11-21(20)26-23(28)24(12-13-24)29-19-8-2-1-3-9-19/h1-3,8-9,18,20-21H,4-7,10-15H2,(H,25,27)(H,26,28)/t20-,21-/m0/s1. The Morgan fingerprint density at radius 2 is 1.59 bits per heavy atom. The lowest BCUT2D eigenvalue weighted by Gasteiger charge is -2.35. The summed E-state index contributed by atoms with van der Waals surface area (Å²) in [5.74, 6) is 0.999. The van der Waals surface area contributed by atoms with Crippen LogP contribution in [0.4, 0.5) is 0 Å². The average Bonchev–Trinajstić information content (AvgIpc) is 3.30. The largest absolute Gasteiger partial charge is 0.477 e. The van der Waals surface area contributed by atoms with E-state index in [1.165, 1.54) is 24.8 Å². The zero-order chi connectivity index (χ0) is 19.8. The van der Waals surface area contributed by atoms with E-state index in [0.717, 1.165) is 50.7 Å². The van der Waals surface area contributed by atoms with Gasteiger partial charge in [-0.25, -0.2) is 0 Å². The second kappa shape index (κ2) is 7.51. The van der Waals surface area contributed by atoms with Crippen molar-refractivity contribution in [3.8, 4) is 5.75 Å². The lowest BCUT2D eigenvalue weighted by Crippen LogP contribution is -2.53. The maximum atomic E-state index is 12.9. The highest BCUT2D eigenvalue weighted by atomic mass is 16.5. The molecule has 0 aromatic heterocycles. The summed E-state index contributed by atoms with van der Waals surface area (Å²) in [6.07, 6.45) is 10.1. The summed E-state index contributed by atoms with van der Waals surface area (Å²) < 4.78 is 6.01. The van der Waals surface area contributed by atoms with E-state index in [4.69, 9.17) is 4.74 Å². The molecule has 0 radical (unpaired) electrons. The number of carbonyl (C=O) groups is 2. The molecular weight excluding hydrogens is 364 g/mol. The van der Waals surface area contributed by atoms with Gasteiger partial charge in [-0.1, -0.05) is 29.3 Å². The van der Waals surface area contributed by atoms with Crippen LogP contribution in [0.25, 0.3) is 0 Å². The third kappa shape index (κ3) is 3.79. The van der Waals surface area contributed by atoms with Crippen molar-refractivity contribution in [3.05, 3.63) is 41.5 Å². The van der Waals surface area contributed by atoms with Crippen LogP contribution in [0, 0.1) is 5.92 Å². The number of hydrogen-bond donors (Lipinski definition) is 2.